The fraction of sp³-hybridized carbons (Fsp3) is 0.600. The molecule has 1 aromatic rings. The molecule has 1 aromatic heterocycles. The zero-order chi connectivity index (χ0) is 13.1. The molecule has 0 unspecified atom stereocenters. The molecule has 1 aliphatic carbocycles. The van der Waals surface area contributed by atoms with E-state index in [-0.39, 0.29) is 11.3 Å². The summed E-state index contributed by atoms with van der Waals surface area (Å²) in [6, 6.07) is 6.30. The fourth-order valence-corrected chi connectivity index (χ4v) is 2.66. The van der Waals surface area contributed by atoms with Crippen molar-refractivity contribution in [3.63, 3.8) is 0 Å². The number of hydrogen-bond donors (Lipinski definition) is 1. The Morgan fingerprint density at radius 3 is 2.79 bits per heavy atom. The van der Waals surface area contributed by atoms with Crippen LogP contribution in [0.25, 0.3) is 0 Å². The Kier molecular flexibility index (Phi) is 3.51. The van der Waals surface area contributed by atoms with Crippen molar-refractivity contribution in [3.05, 3.63) is 30.1 Å². The standard InChI is InChI=1S/C15H20N2O2/c18-14(17-12-4-5-12)15(6-9-19-10-7-15)11-13-3-1-2-8-16-13/h1-3,8,12H,4-7,9-11H2,(H,17,18). The van der Waals surface area contributed by atoms with Crippen LogP contribution in [0.4, 0.5) is 0 Å². The smallest absolute Gasteiger partial charge is 0.227 e. The summed E-state index contributed by atoms with van der Waals surface area (Å²) >= 11 is 0. The number of carbonyl (C=O) groups is 1. The molecule has 1 saturated carbocycles. The van der Waals surface area contributed by atoms with E-state index < -0.39 is 0 Å². The predicted octanol–water partition coefficient (Wildman–Crippen LogP) is 1.70. The number of hydrogen-bond acceptors (Lipinski definition) is 3. The maximum atomic E-state index is 12.6. The third-order valence-corrected chi connectivity index (χ3v) is 4.09. The first-order chi connectivity index (χ1) is 9.28. The van der Waals surface area contributed by atoms with Crippen molar-refractivity contribution >= 4 is 5.91 Å². The normalized spacial score (nSPS) is 21.9. The summed E-state index contributed by atoms with van der Waals surface area (Å²) in [5.74, 6) is 0.198. The van der Waals surface area contributed by atoms with E-state index in [2.05, 4.69) is 10.3 Å². The molecule has 1 saturated heterocycles. The predicted molar refractivity (Wildman–Crippen MR) is 71.6 cm³/mol. The first-order valence-electron chi connectivity index (χ1n) is 7.07. The number of nitrogens with one attached hydrogen (secondary N) is 1. The Bertz CT molecular complexity index is 437. The summed E-state index contributed by atoms with van der Waals surface area (Å²) in [6.07, 6.45) is 6.35. The monoisotopic (exact) mass is 260 g/mol. The average molecular weight is 260 g/mol. The molecule has 1 N–H and O–H groups in total. The van der Waals surface area contributed by atoms with E-state index in [0.717, 1.165) is 37.8 Å². The van der Waals surface area contributed by atoms with Gasteiger partial charge in [-0.2, -0.15) is 0 Å². The molecule has 102 valence electrons. The minimum atomic E-state index is -0.324. The molecule has 0 spiro atoms. The minimum absolute atomic E-state index is 0.198. The molecule has 2 aliphatic rings. The van der Waals surface area contributed by atoms with Gasteiger partial charge in [-0.15, -0.1) is 0 Å². The Labute approximate surface area is 113 Å². The molecule has 4 nitrogen and oxygen atoms in total. The second-order valence-corrected chi connectivity index (χ2v) is 5.64. The number of aromatic nitrogens is 1. The van der Waals surface area contributed by atoms with E-state index in [9.17, 15) is 4.79 Å². The van der Waals surface area contributed by atoms with Crippen LogP contribution in [0.5, 0.6) is 0 Å². The molecule has 3 rings (SSSR count). The molecule has 0 aromatic carbocycles. The number of ether oxygens (including phenoxy) is 1. The van der Waals surface area contributed by atoms with Crippen LogP contribution in [0.2, 0.25) is 0 Å². The molecular weight excluding hydrogens is 240 g/mol. The second-order valence-electron chi connectivity index (χ2n) is 5.64. The molecule has 1 aliphatic heterocycles. The van der Waals surface area contributed by atoms with Gasteiger partial charge in [0.1, 0.15) is 0 Å². The van der Waals surface area contributed by atoms with Gasteiger partial charge in [-0.1, -0.05) is 6.07 Å². The van der Waals surface area contributed by atoms with Crippen molar-refractivity contribution < 1.29 is 9.53 Å². The molecule has 0 atom stereocenters. The van der Waals surface area contributed by atoms with Gasteiger partial charge >= 0.3 is 0 Å². The van der Waals surface area contributed by atoms with Crippen LogP contribution in [0, 0.1) is 5.41 Å². The molecule has 4 heteroatoms. The van der Waals surface area contributed by atoms with Crippen molar-refractivity contribution in [3.8, 4) is 0 Å². The van der Waals surface area contributed by atoms with Crippen LogP contribution in [0.15, 0.2) is 24.4 Å². The highest BCUT2D eigenvalue weighted by Gasteiger charge is 2.42. The summed E-state index contributed by atoms with van der Waals surface area (Å²) in [7, 11) is 0. The minimum Gasteiger partial charge on any atom is -0.381 e. The number of rotatable bonds is 4. The van der Waals surface area contributed by atoms with Crippen molar-refractivity contribution in [1.82, 2.24) is 10.3 Å². The zero-order valence-corrected chi connectivity index (χ0v) is 11.1. The second kappa shape index (κ2) is 5.29. The molecule has 19 heavy (non-hydrogen) atoms. The Morgan fingerprint density at radius 2 is 2.16 bits per heavy atom. The number of pyridine rings is 1. The van der Waals surface area contributed by atoms with E-state index >= 15 is 0 Å². The summed E-state index contributed by atoms with van der Waals surface area (Å²) in [6.45, 7) is 1.34. The molecule has 1 amide bonds. The molecule has 0 bridgehead atoms. The van der Waals surface area contributed by atoms with Crippen LogP contribution in [-0.2, 0) is 16.0 Å². The summed E-state index contributed by atoms with van der Waals surface area (Å²) in [4.78, 5) is 17.0. The summed E-state index contributed by atoms with van der Waals surface area (Å²) in [5.41, 5.74) is 0.671. The number of nitrogens with zero attached hydrogens (tertiary/aromatic N) is 1. The van der Waals surface area contributed by atoms with Crippen molar-refractivity contribution in [1.29, 1.82) is 0 Å². The first kappa shape index (κ1) is 12.6. The van der Waals surface area contributed by atoms with Crippen molar-refractivity contribution in [2.75, 3.05) is 13.2 Å². The quantitative estimate of drug-likeness (QED) is 0.896. The van der Waals surface area contributed by atoms with Gasteiger partial charge in [0.25, 0.3) is 0 Å². The van der Waals surface area contributed by atoms with E-state index in [1.165, 1.54) is 0 Å². The van der Waals surface area contributed by atoms with E-state index in [1.807, 2.05) is 18.2 Å². The topological polar surface area (TPSA) is 51.2 Å². The lowest BCUT2D eigenvalue weighted by Gasteiger charge is -2.35. The third-order valence-electron chi connectivity index (χ3n) is 4.09. The van der Waals surface area contributed by atoms with Gasteiger partial charge in [0.15, 0.2) is 0 Å². The lowest BCUT2D eigenvalue weighted by Crippen LogP contribution is -2.47. The van der Waals surface area contributed by atoms with Crippen LogP contribution in [-0.4, -0.2) is 30.1 Å². The summed E-state index contributed by atoms with van der Waals surface area (Å²) in [5, 5.41) is 3.16. The van der Waals surface area contributed by atoms with Crippen molar-refractivity contribution in [2.45, 2.75) is 38.1 Å². The van der Waals surface area contributed by atoms with E-state index in [1.54, 1.807) is 6.20 Å². The van der Waals surface area contributed by atoms with E-state index in [4.69, 9.17) is 4.74 Å². The van der Waals surface area contributed by atoms with Gasteiger partial charge in [0.2, 0.25) is 5.91 Å². The van der Waals surface area contributed by atoms with Gasteiger partial charge in [0.05, 0.1) is 5.41 Å². The number of carbonyl (C=O) groups excluding carboxylic acids is 1. The maximum absolute atomic E-state index is 12.6. The van der Waals surface area contributed by atoms with Gasteiger partial charge in [0, 0.05) is 37.6 Å². The number of amides is 1. The Morgan fingerprint density at radius 1 is 1.37 bits per heavy atom. The maximum Gasteiger partial charge on any atom is 0.227 e. The van der Waals surface area contributed by atoms with Crippen LogP contribution < -0.4 is 5.32 Å². The first-order valence-corrected chi connectivity index (χ1v) is 7.07. The summed E-state index contributed by atoms with van der Waals surface area (Å²) < 4.78 is 5.43. The largest absolute Gasteiger partial charge is 0.381 e. The molecule has 2 fully saturated rings. The molecular formula is C15H20N2O2. The van der Waals surface area contributed by atoms with Crippen LogP contribution in [0.1, 0.15) is 31.4 Å². The van der Waals surface area contributed by atoms with Gasteiger partial charge in [-0.3, -0.25) is 9.78 Å². The van der Waals surface area contributed by atoms with E-state index in [0.29, 0.717) is 19.3 Å². The van der Waals surface area contributed by atoms with Crippen molar-refractivity contribution in [2.24, 2.45) is 5.41 Å². The highest BCUT2D eigenvalue weighted by molar-refractivity contribution is 5.83. The SMILES string of the molecule is O=C(NC1CC1)C1(Cc2ccccn2)CCOCC1. The Hall–Kier alpha value is -1.42. The van der Waals surface area contributed by atoms with Crippen LogP contribution in [0.3, 0.4) is 0 Å². The van der Waals surface area contributed by atoms with Gasteiger partial charge in [-0.25, -0.2) is 0 Å². The molecule has 0 radical (unpaired) electrons. The van der Waals surface area contributed by atoms with Crippen LogP contribution >= 0.6 is 0 Å². The lowest BCUT2D eigenvalue weighted by molar-refractivity contribution is -0.136. The lowest BCUT2D eigenvalue weighted by atomic mass is 9.75. The fourth-order valence-electron chi connectivity index (χ4n) is 2.66. The molecule has 2 heterocycles. The highest BCUT2D eigenvalue weighted by Crippen LogP contribution is 2.35. The average Bonchev–Trinajstić information content (AvgIpc) is 3.25. The third kappa shape index (κ3) is 2.95. The van der Waals surface area contributed by atoms with Gasteiger partial charge < -0.3 is 10.1 Å². The van der Waals surface area contributed by atoms with Gasteiger partial charge in [-0.05, 0) is 37.8 Å². The Balaban J connectivity index is 1.77. The highest BCUT2D eigenvalue weighted by atomic mass is 16.5. The zero-order valence-electron chi connectivity index (χ0n) is 11.1.